The molecule has 0 amide bonds. The Labute approximate surface area is 95.3 Å². The van der Waals surface area contributed by atoms with Crippen molar-refractivity contribution < 1.29 is 22.8 Å². The molecule has 0 atom stereocenters. The van der Waals surface area contributed by atoms with E-state index in [1.807, 2.05) is 0 Å². The van der Waals surface area contributed by atoms with E-state index in [0.29, 0.717) is 0 Å². The van der Waals surface area contributed by atoms with Crippen LogP contribution in [0.25, 0.3) is 0 Å². The largest absolute Gasteiger partial charge is 0.477 e. The second kappa shape index (κ2) is 3.94. The Morgan fingerprint density at radius 1 is 1.53 bits per heavy atom. The molecule has 0 aliphatic rings. The number of aromatic nitrogens is 2. The number of H-pyrrole nitrogens is 1. The topological polar surface area (TPSA) is 125 Å². The van der Waals surface area contributed by atoms with Gasteiger partial charge in [0, 0.05) is 6.20 Å². The van der Waals surface area contributed by atoms with E-state index in [1.54, 1.807) is 0 Å². The maximum absolute atomic E-state index is 11.7. The molecule has 2 rings (SSSR count). The molecule has 0 saturated carbocycles. The number of carbonyl (C=O) groups is 1. The van der Waals surface area contributed by atoms with Crippen molar-refractivity contribution in [3.8, 4) is 0 Å². The molecule has 17 heavy (non-hydrogen) atoms. The van der Waals surface area contributed by atoms with Crippen molar-refractivity contribution >= 4 is 21.7 Å². The summed E-state index contributed by atoms with van der Waals surface area (Å²) in [5.74, 6) is -1.24. The summed E-state index contributed by atoms with van der Waals surface area (Å²) in [5.41, 5.74) is -0.0567. The summed E-state index contributed by atoms with van der Waals surface area (Å²) in [7, 11) is -3.84. The Kier molecular flexibility index (Phi) is 2.60. The average molecular weight is 257 g/mol. The first-order valence-corrected chi connectivity index (χ1v) is 5.81. The lowest BCUT2D eigenvalue weighted by Gasteiger charge is -2.01. The fraction of sp³-hybridized carbons (Fsp3) is 0. The molecule has 0 bridgehead atoms. The highest BCUT2D eigenvalue weighted by atomic mass is 32.2. The highest BCUT2D eigenvalue weighted by Gasteiger charge is 2.18. The third kappa shape index (κ3) is 2.28. The van der Waals surface area contributed by atoms with Gasteiger partial charge in [0.2, 0.25) is 0 Å². The zero-order valence-corrected chi connectivity index (χ0v) is 9.06. The molecular formula is C8H7N3O5S. The number of hydrogen-bond acceptors (Lipinski definition) is 5. The normalized spacial score (nSPS) is 11.3. The molecule has 0 spiro atoms. The minimum atomic E-state index is -3.84. The monoisotopic (exact) mass is 257 g/mol. The van der Waals surface area contributed by atoms with Gasteiger partial charge in [-0.2, -0.15) is 0 Å². The Morgan fingerprint density at radius 3 is 2.82 bits per heavy atom. The summed E-state index contributed by atoms with van der Waals surface area (Å²) >= 11 is 0. The SMILES string of the molecule is O=C(O)c1cc(S(=O)(=O)Nc2cnoc2)c[nH]1. The zero-order chi connectivity index (χ0) is 12.5. The van der Waals surface area contributed by atoms with Gasteiger partial charge in [-0.25, -0.2) is 13.2 Å². The first-order chi connectivity index (χ1) is 7.99. The molecule has 2 heterocycles. The van der Waals surface area contributed by atoms with Crippen LogP contribution < -0.4 is 4.72 Å². The average Bonchev–Trinajstić information content (AvgIpc) is 2.84. The molecule has 0 saturated heterocycles. The van der Waals surface area contributed by atoms with E-state index in [1.165, 1.54) is 6.20 Å². The van der Waals surface area contributed by atoms with Gasteiger partial charge in [-0.05, 0) is 6.07 Å². The predicted octanol–water partition coefficient (Wildman–Crippen LogP) is 0.502. The molecule has 2 aromatic rings. The minimum Gasteiger partial charge on any atom is -0.477 e. The second-order valence-electron chi connectivity index (χ2n) is 3.07. The Balaban J connectivity index is 2.28. The molecule has 0 radical (unpaired) electrons. The first-order valence-electron chi connectivity index (χ1n) is 4.33. The van der Waals surface area contributed by atoms with Crippen molar-refractivity contribution in [3.63, 3.8) is 0 Å². The lowest BCUT2D eigenvalue weighted by molar-refractivity contribution is 0.0691. The van der Waals surface area contributed by atoms with E-state index < -0.39 is 16.0 Å². The maximum Gasteiger partial charge on any atom is 0.352 e. The summed E-state index contributed by atoms with van der Waals surface area (Å²) in [4.78, 5) is 12.7. The van der Waals surface area contributed by atoms with Crippen molar-refractivity contribution in [3.05, 3.63) is 30.4 Å². The Bertz CT molecular complexity index is 628. The summed E-state index contributed by atoms with van der Waals surface area (Å²) < 4.78 is 30.1. The summed E-state index contributed by atoms with van der Waals surface area (Å²) in [6, 6.07) is 1.01. The number of aromatic amines is 1. The Hall–Kier alpha value is -2.29. The van der Waals surface area contributed by atoms with Crippen LogP contribution >= 0.6 is 0 Å². The van der Waals surface area contributed by atoms with Crippen molar-refractivity contribution in [1.82, 2.24) is 10.1 Å². The number of nitrogens with zero attached hydrogens (tertiary/aromatic N) is 1. The summed E-state index contributed by atoms with van der Waals surface area (Å²) in [6.45, 7) is 0. The van der Waals surface area contributed by atoms with Crippen molar-refractivity contribution in [2.24, 2.45) is 0 Å². The van der Waals surface area contributed by atoms with Crippen LogP contribution in [0.15, 0.2) is 34.1 Å². The van der Waals surface area contributed by atoms with E-state index in [2.05, 4.69) is 19.4 Å². The molecule has 0 aliphatic carbocycles. The number of aromatic carboxylic acids is 1. The third-order valence-electron chi connectivity index (χ3n) is 1.88. The second-order valence-corrected chi connectivity index (χ2v) is 4.76. The number of carboxylic acid groups (broad SMARTS) is 1. The van der Waals surface area contributed by atoms with Gasteiger partial charge in [0.05, 0.1) is 6.20 Å². The van der Waals surface area contributed by atoms with Gasteiger partial charge in [0.25, 0.3) is 10.0 Å². The van der Waals surface area contributed by atoms with Crippen LogP contribution in [0.3, 0.4) is 0 Å². The fourth-order valence-electron chi connectivity index (χ4n) is 1.12. The summed E-state index contributed by atoms with van der Waals surface area (Å²) in [5, 5.41) is 12.0. The van der Waals surface area contributed by atoms with Crippen molar-refractivity contribution in [2.45, 2.75) is 4.90 Å². The van der Waals surface area contributed by atoms with Gasteiger partial charge in [-0.15, -0.1) is 0 Å². The third-order valence-corrected chi connectivity index (χ3v) is 3.24. The fourth-order valence-corrected chi connectivity index (χ4v) is 2.14. The molecule has 90 valence electrons. The lowest BCUT2D eigenvalue weighted by atomic mass is 10.4. The molecule has 0 unspecified atom stereocenters. The molecule has 0 aromatic carbocycles. The molecule has 0 fully saturated rings. The molecule has 9 heteroatoms. The molecular weight excluding hydrogens is 250 g/mol. The number of sulfonamides is 1. The van der Waals surface area contributed by atoms with Crippen molar-refractivity contribution in [2.75, 3.05) is 4.72 Å². The number of anilines is 1. The predicted molar refractivity (Wildman–Crippen MR) is 55.1 cm³/mol. The van der Waals surface area contributed by atoms with E-state index in [9.17, 15) is 13.2 Å². The van der Waals surface area contributed by atoms with Crippen LogP contribution in [0.1, 0.15) is 10.5 Å². The van der Waals surface area contributed by atoms with Gasteiger partial charge >= 0.3 is 5.97 Å². The minimum absolute atomic E-state index is 0.156. The Morgan fingerprint density at radius 2 is 2.29 bits per heavy atom. The van der Waals surface area contributed by atoms with Crippen LogP contribution in [0.2, 0.25) is 0 Å². The quantitative estimate of drug-likeness (QED) is 0.732. The highest BCUT2D eigenvalue weighted by Crippen LogP contribution is 2.16. The number of nitrogens with one attached hydrogen (secondary N) is 2. The first kappa shape index (κ1) is 11.2. The lowest BCUT2D eigenvalue weighted by Crippen LogP contribution is -2.11. The van der Waals surface area contributed by atoms with Gasteiger partial charge < -0.3 is 14.6 Å². The van der Waals surface area contributed by atoms with Crippen molar-refractivity contribution in [1.29, 1.82) is 0 Å². The van der Waals surface area contributed by atoms with Crippen LogP contribution in [-0.4, -0.2) is 29.6 Å². The molecule has 0 aliphatic heterocycles. The van der Waals surface area contributed by atoms with E-state index in [-0.39, 0.29) is 16.3 Å². The van der Waals surface area contributed by atoms with Gasteiger partial charge in [0.1, 0.15) is 22.5 Å². The van der Waals surface area contributed by atoms with E-state index in [0.717, 1.165) is 18.5 Å². The molecule has 8 nitrogen and oxygen atoms in total. The van der Waals surface area contributed by atoms with E-state index in [4.69, 9.17) is 5.11 Å². The standard InChI is InChI=1S/C8H7N3O5S/c12-8(13)7-1-6(3-9-7)17(14,15)11-5-2-10-16-4-5/h1-4,9,11H,(H,12,13). The summed E-state index contributed by atoms with van der Waals surface area (Å²) in [6.07, 6.45) is 3.38. The maximum atomic E-state index is 11.7. The van der Waals surface area contributed by atoms with Crippen LogP contribution in [-0.2, 0) is 10.0 Å². The zero-order valence-electron chi connectivity index (χ0n) is 8.25. The van der Waals surface area contributed by atoms with Gasteiger partial charge in [-0.1, -0.05) is 5.16 Å². The molecule has 3 N–H and O–H groups in total. The van der Waals surface area contributed by atoms with E-state index >= 15 is 0 Å². The van der Waals surface area contributed by atoms with Gasteiger partial charge in [0.15, 0.2) is 0 Å². The number of hydrogen-bond donors (Lipinski definition) is 3. The van der Waals surface area contributed by atoms with Gasteiger partial charge in [-0.3, -0.25) is 4.72 Å². The van der Waals surface area contributed by atoms with Crippen LogP contribution in [0, 0.1) is 0 Å². The van der Waals surface area contributed by atoms with Crippen LogP contribution in [0.4, 0.5) is 5.69 Å². The smallest absolute Gasteiger partial charge is 0.352 e. The highest BCUT2D eigenvalue weighted by molar-refractivity contribution is 7.92. The number of rotatable bonds is 4. The molecule has 2 aromatic heterocycles. The van der Waals surface area contributed by atoms with Crippen LogP contribution in [0.5, 0.6) is 0 Å². The number of carboxylic acids is 1.